The minimum atomic E-state index is -0.386. The van der Waals surface area contributed by atoms with Gasteiger partial charge in [-0.1, -0.05) is 32.4 Å². The zero-order valence-corrected chi connectivity index (χ0v) is 11.6. The fourth-order valence-electron chi connectivity index (χ4n) is 1.74. The van der Waals surface area contributed by atoms with Crippen molar-refractivity contribution >= 4 is 11.6 Å². The van der Waals surface area contributed by atoms with Crippen molar-refractivity contribution in [3.8, 4) is 5.75 Å². The number of hydrogen-bond donors (Lipinski definition) is 0. The summed E-state index contributed by atoms with van der Waals surface area (Å²) in [4.78, 5) is 0. The smallest absolute Gasteiger partial charge is 0.142 e. The Kier molecular flexibility index (Phi) is 5.26. The van der Waals surface area contributed by atoms with Crippen LogP contribution in [0.2, 0.25) is 5.02 Å². The van der Waals surface area contributed by atoms with Crippen molar-refractivity contribution in [3.05, 3.63) is 28.5 Å². The highest BCUT2D eigenvalue weighted by molar-refractivity contribution is 6.31. The molecule has 1 aromatic carbocycles. The lowest BCUT2D eigenvalue weighted by atomic mass is 9.83. The van der Waals surface area contributed by atoms with Crippen molar-refractivity contribution < 1.29 is 9.13 Å². The van der Waals surface area contributed by atoms with E-state index in [9.17, 15) is 4.39 Å². The van der Waals surface area contributed by atoms with Gasteiger partial charge in [0.1, 0.15) is 17.7 Å². The van der Waals surface area contributed by atoms with E-state index in [2.05, 4.69) is 6.92 Å². The van der Waals surface area contributed by atoms with E-state index in [1.54, 1.807) is 13.0 Å². The molecule has 3 heteroatoms. The van der Waals surface area contributed by atoms with Crippen LogP contribution < -0.4 is 4.74 Å². The minimum Gasteiger partial charge on any atom is -0.490 e. The average Bonchev–Trinajstić information content (AvgIpc) is 2.35. The Morgan fingerprint density at radius 1 is 1.29 bits per heavy atom. The SMILES string of the molecule is CC.Cc1c(O[C@@H]2CC[C@H]2C)ccc(F)c1Cl. The molecule has 17 heavy (non-hydrogen) atoms. The first-order valence-corrected chi connectivity index (χ1v) is 6.58. The van der Waals surface area contributed by atoms with E-state index in [1.165, 1.54) is 12.5 Å². The zero-order chi connectivity index (χ0) is 13.0. The number of benzene rings is 1. The Morgan fingerprint density at radius 2 is 1.94 bits per heavy atom. The highest BCUT2D eigenvalue weighted by Crippen LogP contribution is 2.34. The first-order chi connectivity index (χ1) is 8.09. The predicted octanol–water partition coefficient (Wildman–Crippen LogP) is 4.99. The molecule has 0 spiro atoms. The molecule has 0 unspecified atom stereocenters. The van der Waals surface area contributed by atoms with Crippen LogP contribution in [0, 0.1) is 18.7 Å². The van der Waals surface area contributed by atoms with Gasteiger partial charge in [-0.2, -0.15) is 0 Å². The highest BCUT2D eigenvalue weighted by Gasteiger charge is 2.29. The second-order valence-electron chi connectivity index (χ2n) is 4.20. The zero-order valence-electron chi connectivity index (χ0n) is 10.9. The Hall–Kier alpha value is -0.760. The third kappa shape index (κ3) is 3.12. The van der Waals surface area contributed by atoms with Crippen LogP contribution in [0.3, 0.4) is 0 Å². The van der Waals surface area contributed by atoms with Gasteiger partial charge in [0, 0.05) is 5.56 Å². The summed E-state index contributed by atoms with van der Waals surface area (Å²) in [5, 5.41) is 0.166. The maximum absolute atomic E-state index is 13.1. The molecule has 0 aromatic heterocycles. The lowest BCUT2D eigenvalue weighted by Gasteiger charge is -2.34. The van der Waals surface area contributed by atoms with Crippen molar-refractivity contribution in [1.82, 2.24) is 0 Å². The topological polar surface area (TPSA) is 9.23 Å². The van der Waals surface area contributed by atoms with Gasteiger partial charge in [0.2, 0.25) is 0 Å². The first kappa shape index (κ1) is 14.3. The van der Waals surface area contributed by atoms with Gasteiger partial charge >= 0.3 is 0 Å². The lowest BCUT2D eigenvalue weighted by Crippen LogP contribution is -2.34. The fourth-order valence-corrected chi connectivity index (χ4v) is 1.89. The fraction of sp³-hybridized carbons (Fsp3) is 0.571. The molecule has 0 radical (unpaired) electrons. The van der Waals surface area contributed by atoms with Crippen molar-refractivity contribution in [3.63, 3.8) is 0 Å². The van der Waals surface area contributed by atoms with Crippen molar-refractivity contribution in [2.45, 2.75) is 46.6 Å². The summed E-state index contributed by atoms with van der Waals surface area (Å²) in [5.41, 5.74) is 0.691. The van der Waals surface area contributed by atoms with Gasteiger partial charge in [0.25, 0.3) is 0 Å². The van der Waals surface area contributed by atoms with Crippen LogP contribution in [0.15, 0.2) is 12.1 Å². The molecule has 1 aliphatic carbocycles. The molecular formula is C14H20ClFO. The summed E-state index contributed by atoms with van der Waals surface area (Å²) >= 11 is 5.81. The molecule has 1 nitrogen and oxygen atoms in total. The van der Waals surface area contributed by atoms with Crippen LogP contribution in [-0.2, 0) is 0 Å². The van der Waals surface area contributed by atoms with Crippen LogP contribution in [0.25, 0.3) is 0 Å². The minimum absolute atomic E-state index is 0.166. The molecule has 1 aliphatic rings. The second kappa shape index (κ2) is 6.25. The molecule has 0 N–H and O–H groups in total. The van der Waals surface area contributed by atoms with E-state index in [1.807, 2.05) is 13.8 Å². The third-order valence-electron chi connectivity index (χ3n) is 3.11. The Balaban J connectivity index is 0.000000686. The van der Waals surface area contributed by atoms with E-state index in [4.69, 9.17) is 16.3 Å². The van der Waals surface area contributed by atoms with E-state index < -0.39 is 0 Å². The maximum Gasteiger partial charge on any atom is 0.142 e. The lowest BCUT2D eigenvalue weighted by molar-refractivity contribution is 0.0570. The summed E-state index contributed by atoms with van der Waals surface area (Å²) in [6, 6.07) is 3.01. The molecule has 1 fully saturated rings. The molecule has 0 aliphatic heterocycles. The summed E-state index contributed by atoms with van der Waals surface area (Å²) in [6.45, 7) is 7.94. The van der Waals surface area contributed by atoms with Crippen molar-refractivity contribution in [1.29, 1.82) is 0 Å². The Bertz CT molecular complexity index is 379. The molecule has 0 bridgehead atoms. The molecule has 1 aromatic rings. The van der Waals surface area contributed by atoms with Gasteiger partial charge in [0.05, 0.1) is 5.02 Å². The monoisotopic (exact) mass is 258 g/mol. The molecule has 0 saturated heterocycles. The second-order valence-corrected chi connectivity index (χ2v) is 4.57. The number of halogens is 2. The van der Waals surface area contributed by atoms with Gasteiger partial charge < -0.3 is 4.74 Å². The maximum atomic E-state index is 13.1. The van der Waals surface area contributed by atoms with Crippen LogP contribution in [-0.4, -0.2) is 6.10 Å². The van der Waals surface area contributed by atoms with Gasteiger partial charge in [0.15, 0.2) is 0 Å². The van der Waals surface area contributed by atoms with Crippen LogP contribution in [0.4, 0.5) is 4.39 Å². The Labute approximate surface area is 108 Å². The van der Waals surface area contributed by atoms with E-state index in [0.29, 0.717) is 17.2 Å². The summed E-state index contributed by atoms with van der Waals surface area (Å²) in [6.07, 6.45) is 2.55. The van der Waals surface area contributed by atoms with Crippen molar-refractivity contribution in [2.75, 3.05) is 0 Å². The molecule has 0 heterocycles. The summed E-state index contributed by atoms with van der Waals surface area (Å²) in [7, 11) is 0. The Morgan fingerprint density at radius 3 is 2.41 bits per heavy atom. The quantitative estimate of drug-likeness (QED) is 0.726. The predicted molar refractivity (Wildman–Crippen MR) is 70.3 cm³/mol. The van der Waals surface area contributed by atoms with Gasteiger partial charge in [-0.25, -0.2) is 4.39 Å². The number of rotatable bonds is 2. The normalized spacial score (nSPS) is 22.2. The summed E-state index contributed by atoms with van der Waals surface area (Å²) < 4.78 is 18.9. The van der Waals surface area contributed by atoms with Crippen molar-refractivity contribution in [2.24, 2.45) is 5.92 Å². The van der Waals surface area contributed by atoms with E-state index >= 15 is 0 Å². The van der Waals surface area contributed by atoms with Gasteiger partial charge in [-0.15, -0.1) is 0 Å². The van der Waals surface area contributed by atoms with Crippen LogP contribution in [0.5, 0.6) is 5.75 Å². The molecule has 2 atom stereocenters. The average molecular weight is 259 g/mol. The van der Waals surface area contributed by atoms with E-state index in [-0.39, 0.29) is 16.9 Å². The molecule has 0 amide bonds. The van der Waals surface area contributed by atoms with Crippen LogP contribution in [0.1, 0.15) is 39.2 Å². The highest BCUT2D eigenvalue weighted by atomic mass is 35.5. The number of hydrogen-bond acceptors (Lipinski definition) is 1. The molecule has 96 valence electrons. The van der Waals surface area contributed by atoms with Gasteiger partial charge in [-0.3, -0.25) is 0 Å². The third-order valence-corrected chi connectivity index (χ3v) is 3.57. The number of ether oxygens (including phenoxy) is 1. The summed E-state index contributed by atoms with van der Waals surface area (Å²) in [5.74, 6) is 0.911. The standard InChI is InChI=1S/C12H14ClFO.C2H6/c1-7-3-5-10(7)15-11-6-4-9(14)12(13)8(11)2;1-2/h4,6-7,10H,3,5H2,1-2H3;1-2H3/t7-,10-;/m1./s1. The molecular weight excluding hydrogens is 239 g/mol. The van der Waals surface area contributed by atoms with E-state index in [0.717, 1.165) is 6.42 Å². The largest absolute Gasteiger partial charge is 0.490 e. The van der Waals surface area contributed by atoms with Crippen LogP contribution >= 0.6 is 11.6 Å². The molecule has 1 saturated carbocycles. The first-order valence-electron chi connectivity index (χ1n) is 6.21. The molecule has 2 rings (SSSR count). The van der Waals surface area contributed by atoms with Gasteiger partial charge in [-0.05, 0) is 37.8 Å².